The summed E-state index contributed by atoms with van der Waals surface area (Å²) in [5.74, 6) is 0.865. The highest BCUT2D eigenvalue weighted by molar-refractivity contribution is 5.79. The molecule has 1 aromatic heterocycles. The largest absolute Gasteiger partial charge is 0.379 e. The average molecular weight is 364 g/mol. The molecular weight excluding hydrogens is 330 g/mol. The van der Waals surface area contributed by atoms with Crippen LogP contribution in [-0.2, 0) is 11.3 Å². The molecule has 2 rings (SSSR count). The van der Waals surface area contributed by atoms with E-state index < -0.39 is 0 Å². The summed E-state index contributed by atoms with van der Waals surface area (Å²) in [6.07, 6.45) is 3.79. The molecule has 0 radical (unpaired) electrons. The van der Waals surface area contributed by atoms with Gasteiger partial charge >= 0.3 is 0 Å². The minimum atomic E-state index is 0.0625. The van der Waals surface area contributed by atoms with Gasteiger partial charge in [-0.15, -0.1) is 0 Å². The molecule has 0 aliphatic carbocycles. The van der Waals surface area contributed by atoms with Crippen molar-refractivity contribution < 1.29 is 4.74 Å². The fourth-order valence-electron chi connectivity index (χ4n) is 2.96. The minimum absolute atomic E-state index is 0.0625. The number of ether oxygens (including phenoxy) is 1. The van der Waals surface area contributed by atoms with Crippen molar-refractivity contribution in [1.29, 1.82) is 0 Å². The highest BCUT2D eigenvalue weighted by Crippen LogP contribution is 2.03. The van der Waals surface area contributed by atoms with E-state index in [2.05, 4.69) is 29.4 Å². The first-order chi connectivity index (χ1) is 12.7. The predicted molar refractivity (Wildman–Crippen MR) is 106 cm³/mol. The van der Waals surface area contributed by atoms with E-state index in [1.807, 2.05) is 12.3 Å². The molecule has 1 atom stereocenters. The summed E-state index contributed by atoms with van der Waals surface area (Å²) in [5.41, 5.74) is 0.0625. The summed E-state index contributed by atoms with van der Waals surface area (Å²) in [6, 6.07) is 5.69. The molecule has 1 unspecified atom stereocenters. The second kappa shape index (κ2) is 11.7. The molecule has 0 saturated carbocycles. The summed E-state index contributed by atoms with van der Waals surface area (Å²) in [6.45, 7) is 11.1. The van der Waals surface area contributed by atoms with Crippen molar-refractivity contribution in [3.63, 3.8) is 0 Å². The molecule has 26 heavy (non-hydrogen) atoms. The zero-order valence-electron chi connectivity index (χ0n) is 16.1. The zero-order chi connectivity index (χ0) is 18.6. The minimum Gasteiger partial charge on any atom is -0.379 e. The number of pyridine rings is 1. The number of aliphatic imine (C=N–C) groups is 1. The number of morpholine rings is 1. The predicted octanol–water partition coefficient (Wildman–Crippen LogP) is 0.904. The number of unbranched alkanes of at least 4 members (excludes halogenated alkanes) is 1. The number of guanidine groups is 1. The van der Waals surface area contributed by atoms with Crippen LogP contribution in [0.15, 0.2) is 34.2 Å². The maximum atomic E-state index is 11.7. The first kappa shape index (κ1) is 20.5. The molecule has 1 aliphatic rings. The molecule has 0 amide bonds. The number of aryl methyl sites for hydroxylation is 1. The van der Waals surface area contributed by atoms with Crippen LogP contribution >= 0.6 is 0 Å². The summed E-state index contributed by atoms with van der Waals surface area (Å²) in [7, 11) is 0. The molecule has 1 saturated heterocycles. The van der Waals surface area contributed by atoms with Crippen molar-refractivity contribution in [3.05, 3.63) is 34.7 Å². The van der Waals surface area contributed by atoms with Crippen LogP contribution in [0.2, 0.25) is 0 Å². The molecule has 0 bridgehead atoms. The zero-order valence-corrected chi connectivity index (χ0v) is 16.1. The Kier molecular flexibility index (Phi) is 9.20. The van der Waals surface area contributed by atoms with Crippen LogP contribution in [0.3, 0.4) is 0 Å². The van der Waals surface area contributed by atoms with Crippen molar-refractivity contribution in [1.82, 2.24) is 20.1 Å². The van der Waals surface area contributed by atoms with Gasteiger partial charge in [-0.3, -0.25) is 14.7 Å². The Labute approximate surface area is 156 Å². The normalized spacial score (nSPS) is 17.1. The standard InChI is InChI=1S/C19H33N5O2/c1-3-20-19(22-16-17(2)23-12-14-26-15-13-23)21-9-5-7-11-24-10-6-4-8-18(24)25/h4,6,8,10,17H,3,5,7,9,11-16H2,1-2H3,(H2,20,21,22). The van der Waals surface area contributed by atoms with Gasteiger partial charge < -0.3 is 19.9 Å². The molecule has 7 nitrogen and oxygen atoms in total. The van der Waals surface area contributed by atoms with Crippen molar-refractivity contribution in [3.8, 4) is 0 Å². The second-order valence-electron chi connectivity index (χ2n) is 6.58. The average Bonchev–Trinajstić information content (AvgIpc) is 2.67. The first-order valence-corrected chi connectivity index (χ1v) is 9.70. The molecular formula is C19H33N5O2. The molecule has 7 heteroatoms. The van der Waals surface area contributed by atoms with E-state index in [0.29, 0.717) is 6.04 Å². The fraction of sp³-hybridized carbons (Fsp3) is 0.684. The molecule has 0 aromatic carbocycles. The van der Waals surface area contributed by atoms with Gasteiger partial charge in [0.15, 0.2) is 5.96 Å². The van der Waals surface area contributed by atoms with E-state index in [9.17, 15) is 4.79 Å². The Bertz CT molecular complexity index is 596. The first-order valence-electron chi connectivity index (χ1n) is 9.70. The van der Waals surface area contributed by atoms with Crippen molar-refractivity contribution in [2.45, 2.75) is 39.3 Å². The van der Waals surface area contributed by atoms with E-state index in [4.69, 9.17) is 9.73 Å². The quantitative estimate of drug-likeness (QED) is 0.388. The number of nitrogens with zero attached hydrogens (tertiary/aromatic N) is 3. The third-order valence-corrected chi connectivity index (χ3v) is 4.54. The number of nitrogens with one attached hydrogen (secondary N) is 2. The summed E-state index contributed by atoms with van der Waals surface area (Å²) < 4.78 is 7.16. The van der Waals surface area contributed by atoms with Gasteiger partial charge in [-0.2, -0.15) is 0 Å². The van der Waals surface area contributed by atoms with Crippen LogP contribution in [-0.4, -0.2) is 67.4 Å². The highest BCUT2D eigenvalue weighted by Gasteiger charge is 2.16. The van der Waals surface area contributed by atoms with E-state index >= 15 is 0 Å². The number of rotatable bonds is 9. The van der Waals surface area contributed by atoms with Crippen LogP contribution in [0, 0.1) is 0 Å². The van der Waals surface area contributed by atoms with Gasteiger partial charge in [-0.25, -0.2) is 0 Å². The Morgan fingerprint density at radius 1 is 1.27 bits per heavy atom. The molecule has 1 fully saturated rings. The molecule has 2 heterocycles. The van der Waals surface area contributed by atoms with Crippen molar-refractivity contribution in [2.75, 3.05) is 45.9 Å². The lowest BCUT2D eigenvalue weighted by molar-refractivity contribution is 0.0220. The highest BCUT2D eigenvalue weighted by atomic mass is 16.5. The van der Waals surface area contributed by atoms with Crippen LogP contribution in [0.1, 0.15) is 26.7 Å². The van der Waals surface area contributed by atoms with Gasteiger partial charge in [0.05, 0.1) is 19.8 Å². The Morgan fingerprint density at radius 3 is 2.81 bits per heavy atom. The number of hydrogen-bond donors (Lipinski definition) is 2. The number of hydrogen-bond acceptors (Lipinski definition) is 4. The van der Waals surface area contributed by atoms with Gasteiger partial charge in [0.25, 0.3) is 0 Å². The van der Waals surface area contributed by atoms with Gasteiger partial charge in [-0.05, 0) is 32.8 Å². The van der Waals surface area contributed by atoms with Crippen LogP contribution < -0.4 is 16.2 Å². The van der Waals surface area contributed by atoms with E-state index in [1.54, 1.807) is 16.7 Å². The maximum absolute atomic E-state index is 11.7. The summed E-state index contributed by atoms with van der Waals surface area (Å²) in [4.78, 5) is 18.8. The topological polar surface area (TPSA) is 70.9 Å². The Morgan fingerprint density at radius 2 is 2.08 bits per heavy atom. The molecule has 0 spiro atoms. The van der Waals surface area contributed by atoms with Gasteiger partial charge in [0, 0.05) is 51.0 Å². The SMILES string of the molecule is CCNC(=NCC(C)N1CCOCC1)NCCCCn1ccccc1=O. The maximum Gasteiger partial charge on any atom is 0.250 e. The fourth-order valence-corrected chi connectivity index (χ4v) is 2.96. The third-order valence-electron chi connectivity index (χ3n) is 4.54. The summed E-state index contributed by atoms with van der Waals surface area (Å²) >= 11 is 0. The molecule has 1 aliphatic heterocycles. The lowest BCUT2D eigenvalue weighted by Crippen LogP contribution is -2.44. The lowest BCUT2D eigenvalue weighted by atomic mass is 10.2. The Balaban J connectivity index is 1.69. The molecule has 2 N–H and O–H groups in total. The smallest absolute Gasteiger partial charge is 0.250 e. The Hall–Kier alpha value is -1.86. The molecule has 1 aromatic rings. The molecule has 146 valence electrons. The van der Waals surface area contributed by atoms with Crippen LogP contribution in [0.4, 0.5) is 0 Å². The number of aromatic nitrogens is 1. The van der Waals surface area contributed by atoms with Crippen LogP contribution in [0.25, 0.3) is 0 Å². The van der Waals surface area contributed by atoms with Gasteiger partial charge in [0.1, 0.15) is 0 Å². The van der Waals surface area contributed by atoms with E-state index in [-0.39, 0.29) is 5.56 Å². The van der Waals surface area contributed by atoms with Crippen LogP contribution in [0.5, 0.6) is 0 Å². The summed E-state index contributed by atoms with van der Waals surface area (Å²) in [5, 5.41) is 6.69. The van der Waals surface area contributed by atoms with Gasteiger partial charge in [0.2, 0.25) is 5.56 Å². The van der Waals surface area contributed by atoms with E-state index in [0.717, 1.165) is 71.3 Å². The lowest BCUT2D eigenvalue weighted by Gasteiger charge is -2.31. The monoisotopic (exact) mass is 363 g/mol. The third kappa shape index (κ3) is 7.17. The van der Waals surface area contributed by atoms with Crippen molar-refractivity contribution in [2.24, 2.45) is 4.99 Å². The van der Waals surface area contributed by atoms with Crippen molar-refractivity contribution >= 4 is 5.96 Å². The second-order valence-corrected chi connectivity index (χ2v) is 6.58. The van der Waals surface area contributed by atoms with E-state index in [1.165, 1.54) is 0 Å². The van der Waals surface area contributed by atoms with Gasteiger partial charge in [-0.1, -0.05) is 6.07 Å².